The second-order valence-electron chi connectivity index (χ2n) is 3.33. The van der Waals surface area contributed by atoms with E-state index in [4.69, 9.17) is 16.3 Å². The highest BCUT2D eigenvalue weighted by Crippen LogP contribution is 2.35. The molecular weight excluding hydrogens is 287 g/mol. The van der Waals surface area contributed by atoms with Gasteiger partial charge in [0.15, 0.2) is 0 Å². The number of benzene rings is 2. The van der Waals surface area contributed by atoms with Crippen molar-refractivity contribution < 1.29 is 4.74 Å². The van der Waals surface area contributed by atoms with Gasteiger partial charge in [-0.2, -0.15) is 0 Å². The van der Waals surface area contributed by atoms with Crippen LogP contribution in [0, 0.1) is 0 Å². The average Bonchev–Trinajstić information content (AvgIpc) is 2.31. The highest BCUT2D eigenvalue weighted by molar-refractivity contribution is 9.10. The zero-order valence-corrected chi connectivity index (χ0v) is 11.0. The molecule has 0 unspecified atom stereocenters. The second kappa shape index (κ2) is 4.89. The van der Waals surface area contributed by atoms with Crippen molar-refractivity contribution in [2.45, 2.75) is 0 Å². The summed E-state index contributed by atoms with van der Waals surface area (Å²) in [4.78, 5) is 0. The van der Waals surface area contributed by atoms with Crippen molar-refractivity contribution in [1.82, 2.24) is 0 Å². The predicted molar refractivity (Wildman–Crippen MR) is 71.1 cm³/mol. The Labute approximate surface area is 108 Å². The SMILES string of the molecule is COc1ccc(Br)c(-c2ccccc2Cl)c1. The smallest absolute Gasteiger partial charge is 0.119 e. The first kappa shape index (κ1) is 11.5. The first-order valence-electron chi connectivity index (χ1n) is 4.81. The molecule has 2 rings (SSSR count). The summed E-state index contributed by atoms with van der Waals surface area (Å²) in [5.74, 6) is 0.818. The van der Waals surface area contributed by atoms with Crippen LogP contribution in [0.2, 0.25) is 5.02 Å². The Hall–Kier alpha value is -0.990. The van der Waals surface area contributed by atoms with E-state index in [-0.39, 0.29) is 0 Å². The topological polar surface area (TPSA) is 9.23 Å². The molecule has 0 aliphatic heterocycles. The molecule has 0 bridgehead atoms. The summed E-state index contributed by atoms with van der Waals surface area (Å²) in [7, 11) is 1.65. The molecular formula is C13H10BrClO. The molecule has 0 aromatic heterocycles. The van der Waals surface area contributed by atoms with Crippen LogP contribution in [0.1, 0.15) is 0 Å². The first-order valence-corrected chi connectivity index (χ1v) is 5.98. The molecule has 3 heteroatoms. The Kier molecular flexibility index (Phi) is 3.52. The van der Waals surface area contributed by atoms with E-state index in [2.05, 4.69) is 15.9 Å². The monoisotopic (exact) mass is 296 g/mol. The number of hydrogen-bond donors (Lipinski definition) is 0. The number of halogens is 2. The standard InChI is InChI=1S/C13H10BrClO/c1-16-9-6-7-12(14)11(8-9)10-4-2-3-5-13(10)15/h2-8H,1H3. The molecule has 0 saturated carbocycles. The summed E-state index contributed by atoms with van der Waals surface area (Å²) in [6.07, 6.45) is 0. The molecule has 0 atom stereocenters. The van der Waals surface area contributed by atoms with Crippen molar-refractivity contribution >= 4 is 27.5 Å². The highest BCUT2D eigenvalue weighted by Gasteiger charge is 2.07. The zero-order chi connectivity index (χ0) is 11.5. The Morgan fingerprint density at radius 2 is 1.81 bits per heavy atom. The number of rotatable bonds is 2. The minimum absolute atomic E-state index is 0.733. The van der Waals surface area contributed by atoms with Gasteiger partial charge in [-0.05, 0) is 24.3 Å². The van der Waals surface area contributed by atoms with E-state index in [0.29, 0.717) is 0 Å². The van der Waals surface area contributed by atoms with Crippen LogP contribution in [0.3, 0.4) is 0 Å². The van der Waals surface area contributed by atoms with Crippen molar-refractivity contribution in [3.8, 4) is 16.9 Å². The Bertz CT molecular complexity index is 511. The molecule has 0 spiro atoms. The maximum atomic E-state index is 6.16. The third-order valence-electron chi connectivity index (χ3n) is 2.34. The van der Waals surface area contributed by atoms with Crippen molar-refractivity contribution in [3.05, 3.63) is 52.0 Å². The number of hydrogen-bond acceptors (Lipinski definition) is 1. The largest absolute Gasteiger partial charge is 0.497 e. The summed E-state index contributed by atoms with van der Waals surface area (Å²) in [6.45, 7) is 0. The third-order valence-corrected chi connectivity index (χ3v) is 3.36. The number of ether oxygens (including phenoxy) is 1. The minimum Gasteiger partial charge on any atom is -0.497 e. The number of methoxy groups -OCH3 is 1. The van der Waals surface area contributed by atoms with Crippen molar-refractivity contribution in [2.75, 3.05) is 7.11 Å². The normalized spacial score (nSPS) is 10.2. The van der Waals surface area contributed by atoms with Crippen molar-refractivity contribution in [1.29, 1.82) is 0 Å². The van der Waals surface area contributed by atoms with Gasteiger partial charge in [-0.3, -0.25) is 0 Å². The molecule has 0 amide bonds. The minimum atomic E-state index is 0.733. The van der Waals surface area contributed by atoms with Gasteiger partial charge in [-0.1, -0.05) is 45.7 Å². The van der Waals surface area contributed by atoms with E-state index in [9.17, 15) is 0 Å². The van der Waals surface area contributed by atoms with E-state index < -0.39 is 0 Å². The Balaban J connectivity index is 2.59. The lowest BCUT2D eigenvalue weighted by Crippen LogP contribution is -1.86. The van der Waals surface area contributed by atoms with E-state index in [1.165, 1.54) is 0 Å². The molecule has 2 aromatic rings. The lowest BCUT2D eigenvalue weighted by Gasteiger charge is -2.08. The van der Waals surface area contributed by atoms with Crippen LogP contribution in [-0.4, -0.2) is 7.11 Å². The van der Waals surface area contributed by atoms with E-state index in [1.54, 1.807) is 7.11 Å². The summed E-state index contributed by atoms with van der Waals surface area (Å²) in [5.41, 5.74) is 2.03. The molecule has 0 saturated heterocycles. The van der Waals surface area contributed by atoms with Gasteiger partial charge in [0, 0.05) is 20.6 Å². The summed E-state index contributed by atoms with van der Waals surface area (Å²) >= 11 is 9.68. The van der Waals surface area contributed by atoms with E-state index >= 15 is 0 Å². The van der Waals surface area contributed by atoms with Crippen LogP contribution < -0.4 is 4.74 Å². The van der Waals surface area contributed by atoms with Crippen LogP contribution in [-0.2, 0) is 0 Å². The molecule has 0 radical (unpaired) electrons. The highest BCUT2D eigenvalue weighted by atomic mass is 79.9. The zero-order valence-electron chi connectivity index (χ0n) is 8.71. The molecule has 0 N–H and O–H groups in total. The maximum absolute atomic E-state index is 6.16. The van der Waals surface area contributed by atoms with Crippen LogP contribution in [0.4, 0.5) is 0 Å². The van der Waals surface area contributed by atoms with Gasteiger partial charge in [-0.25, -0.2) is 0 Å². The van der Waals surface area contributed by atoms with Crippen LogP contribution >= 0.6 is 27.5 Å². The molecule has 0 heterocycles. The summed E-state index contributed by atoms with van der Waals surface area (Å²) < 4.78 is 6.21. The first-order chi connectivity index (χ1) is 7.72. The fourth-order valence-corrected chi connectivity index (χ4v) is 2.22. The Morgan fingerprint density at radius 3 is 2.50 bits per heavy atom. The van der Waals surface area contributed by atoms with Crippen molar-refractivity contribution in [2.24, 2.45) is 0 Å². The second-order valence-corrected chi connectivity index (χ2v) is 4.59. The van der Waals surface area contributed by atoms with Gasteiger partial charge >= 0.3 is 0 Å². The van der Waals surface area contributed by atoms with Gasteiger partial charge in [-0.15, -0.1) is 0 Å². The summed E-state index contributed by atoms with van der Waals surface area (Å²) in [5, 5.41) is 0.733. The quantitative estimate of drug-likeness (QED) is 0.775. The van der Waals surface area contributed by atoms with Gasteiger partial charge in [0.2, 0.25) is 0 Å². The van der Waals surface area contributed by atoms with E-state index in [1.807, 2.05) is 42.5 Å². The van der Waals surface area contributed by atoms with Crippen LogP contribution in [0.5, 0.6) is 5.75 Å². The average molecular weight is 298 g/mol. The fourth-order valence-electron chi connectivity index (χ4n) is 1.52. The third kappa shape index (κ3) is 2.23. The van der Waals surface area contributed by atoms with E-state index in [0.717, 1.165) is 26.4 Å². The van der Waals surface area contributed by atoms with Gasteiger partial charge < -0.3 is 4.74 Å². The van der Waals surface area contributed by atoms with Crippen LogP contribution in [0.25, 0.3) is 11.1 Å². The predicted octanol–water partition coefficient (Wildman–Crippen LogP) is 4.78. The maximum Gasteiger partial charge on any atom is 0.119 e. The van der Waals surface area contributed by atoms with Gasteiger partial charge in [0.05, 0.1) is 7.11 Å². The summed E-state index contributed by atoms with van der Waals surface area (Å²) in [6, 6.07) is 13.6. The Morgan fingerprint density at radius 1 is 1.06 bits per heavy atom. The molecule has 82 valence electrons. The van der Waals surface area contributed by atoms with Crippen molar-refractivity contribution in [3.63, 3.8) is 0 Å². The molecule has 0 aliphatic rings. The van der Waals surface area contributed by atoms with Crippen LogP contribution in [0.15, 0.2) is 46.9 Å². The molecule has 2 aromatic carbocycles. The molecule has 0 fully saturated rings. The molecule has 16 heavy (non-hydrogen) atoms. The lowest BCUT2D eigenvalue weighted by atomic mass is 10.1. The lowest BCUT2D eigenvalue weighted by molar-refractivity contribution is 0.415. The fraction of sp³-hybridized carbons (Fsp3) is 0.0769. The molecule has 0 aliphatic carbocycles. The molecule has 1 nitrogen and oxygen atoms in total. The van der Waals surface area contributed by atoms with Gasteiger partial charge in [0.1, 0.15) is 5.75 Å². The van der Waals surface area contributed by atoms with Gasteiger partial charge in [0.25, 0.3) is 0 Å².